The van der Waals surface area contributed by atoms with Gasteiger partial charge in [-0.15, -0.1) is 0 Å². The Morgan fingerprint density at radius 3 is 2.47 bits per heavy atom. The van der Waals surface area contributed by atoms with Crippen LogP contribution in [0.3, 0.4) is 0 Å². The second kappa shape index (κ2) is 8.44. The first-order chi connectivity index (χ1) is 14.0. The second-order valence-corrected chi connectivity index (χ2v) is 7.98. The third kappa shape index (κ3) is 4.40. The van der Waals surface area contributed by atoms with Crippen LogP contribution in [0.1, 0.15) is 40.6 Å². The third-order valence-electron chi connectivity index (χ3n) is 4.60. The lowest BCUT2D eigenvalue weighted by Crippen LogP contribution is -2.47. The van der Waals surface area contributed by atoms with Crippen molar-refractivity contribution in [2.24, 2.45) is 0 Å². The van der Waals surface area contributed by atoms with Crippen LogP contribution in [0.5, 0.6) is 5.75 Å². The molecule has 2 atom stereocenters. The van der Waals surface area contributed by atoms with Crippen molar-refractivity contribution in [2.75, 3.05) is 0 Å². The molecule has 11 heteroatoms. The molecule has 0 aliphatic carbocycles. The highest BCUT2D eigenvalue weighted by Crippen LogP contribution is 2.49. The zero-order valence-electron chi connectivity index (χ0n) is 16.2. The van der Waals surface area contributed by atoms with Crippen molar-refractivity contribution in [3.05, 3.63) is 63.4 Å². The lowest BCUT2D eigenvalue weighted by molar-refractivity contribution is -0.276. The van der Waals surface area contributed by atoms with Crippen molar-refractivity contribution in [1.82, 2.24) is 19.3 Å². The molecule has 0 aliphatic rings. The Hall–Kier alpha value is -2.30. The number of halogens is 4. The molecule has 0 radical (unpaired) electrons. The van der Waals surface area contributed by atoms with Gasteiger partial charge in [-0.25, -0.2) is 4.98 Å². The van der Waals surface area contributed by atoms with Crippen LogP contribution in [0.2, 0.25) is 5.02 Å². The fourth-order valence-electron chi connectivity index (χ4n) is 2.92. The molecular weight excluding hydrogens is 441 g/mol. The Bertz CT molecular complexity index is 1030. The highest BCUT2D eigenvalue weighted by molar-refractivity contribution is 7.05. The van der Waals surface area contributed by atoms with Crippen LogP contribution in [-0.2, 0) is 12.2 Å². The standard InChI is InChI=1S/C19H18ClF3N4O2S/c1-10-7-25-16(8-24-10)18(28,19(21,22)23)11(2)14-5-4-13(6-15(14)20)29-9-17-26-12(3)27-30-17/h4-8,11,28H,9H2,1-3H3. The summed E-state index contributed by atoms with van der Waals surface area (Å²) in [5, 5.41) is 11.4. The number of aliphatic hydroxyl groups is 1. The maximum absolute atomic E-state index is 14.0. The third-order valence-corrected chi connectivity index (χ3v) is 5.70. The van der Waals surface area contributed by atoms with Crippen LogP contribution >= 0.6 is 23.1 Å². The van der Waals surface area contributed by atoms with Crippen molar-refractivity contribution in [3.8, 4) is 5.75 Å². The fraction of sp³-hybridized carbons (Fsp3) is 0.368. The number of ether oxygens (including phenoxy) is 1. The zero-order chi connectivity index (χ0) is 22.1. The Morgan fingerprint density at radius 2 is 1.93 bits per heavy atom. The fourth-order valence-corrected chi connectivity index (χ4v) is 3.82. The molecule has 2 aromatic heterocycles. The van der Waals surface area contributed by atoms with Crippen LogP contribution in [0.15, 0.2) is 30.6 Å². The normalized spacial score (nSPS) is 14.9. The van der Waals surface area contributed by atoms with Crippen molar-refractivity contribution < 1.29 is 23.0 Å². The van der Waals surface area contributed by atoms with E-state index in [9.17, 15) is 18.3 Å². The molecule has 6 nitrogen and oxygen atoms in total. The molecule has 0 saturated heterocycles. The van der Waals surface area contributed by atoms with Crippen LogP contribution in [0.4, 0.5) is 13.2 Å². The van der Waals surface area contributed by atoms with E-state index >= 15 is 0 Å². The first-order valence-electron chi connectivity index (χ1n) is 8.82. The number of hydrogen-bond donors (Lipinski definition) is 1. The minimum absolute atomic E-state index is 0.0243. The van der Waals surface area contributed by atoms with Gasteiger partial charge in [0.05, 0.1) is 11.9 Å². The molecular formula is C19H18ClF3N4O2S. The highest BCUT2D eigenvalue weighted by Gasteiger charge is 2.60. The van der Waals surface area contributed by atoms with Crippen LogP contribution in [0, 0.1) is 13.8 Å². The van der Waals surface area contributed by atoms with Crippen LogP contribution in [-0.4, -0.2) is 30.6 Å². The number of aryl methyl sites for hydroxylation is 2. The van der Waals surface area contributed by atoms with E-state index in [2.05, 4.69) is 19.3 Å². The van der Waals surface area contributed by atoms with Gasteiger partial charge in [0.25, 0.3) is 0 Å². The molecule has 0 aliphatic heterocycles. The first kappa shape index (κ1) is 22.4. The summed E-state index contributed by atoms with van der Waals surface area (Å²) in [5.41, 5.74) is -3.35. The van der Waals surface area contributed by atoms with E-state index in [-0.39, 0.29) is 17.2 Å². The molecule has 0 bridgehead atoms. The van der Waals surface area contributed by atoms with E-state index in [1.165, 1.54) is 42.9 Å². The average molecular weight is 459 g/mol. The molecule has 3 rings (SSSR count). The molecule has 160 valence electrons. The van der Waals surface area contributed by atoms with E-state index in [1.807, 2.05) is 0 Å². The maximum atomic E-state index is 14.0. The summed E-state index contributed by atoms with van der Waals surface area (Å²) in [5.74, 6) is -0.470. The molecule has 0 spiro atoms. The van der Waals surface area contributed by atoms with Crippen molar-refractivity contribution in [3.63, 3.8) is 0 Å². The maximum Gasteiger partial charge on any atom is 0.423 e. The lowest BCUT2D eigenvalue weighted by atomic mass is 9.80. The van der Waals surface area contributed by atoms with Gasteiger partial charge in [-0.2, -0.15) is 17.5 Å². The number of alkyl halides is 3. The number of aromatic nitrogens is 4. The Balaban J connectivity index is 1.89. The average Bonchev–Trinajstić information content (AvgIpc) is 3.10. The monoisotopic (exact) mass is 458 g/mol. The lowest BCUT2D eigenvalue weighted by Gasteiger charge is -2.35. The Morgan fingerprint density at radius 1 is 1.20 bits per heavy atom. The van der Waals surface area contributed by atoms with E-state index in [1.54, 1.807) is 13.8 Å². The molecule has 30 heavy (non-hydrogen) atoms. The van der Waals surface area contributed by atoms with Gasteiger partial charge in [-0.3, -0.25) is 9.97 Å². The van der Waals surface area contributed by atoms with Crippen LogP contribution in [0.25, 0.3) is 0 Å². The number of hydrogen-bond acceptors (Lipinski definition) is 7. The molecule has 0 fully saturated rings. The largest absolute Gasteiger partial charge is 0.486 e. The number of nitrogens with zero attached hydrogens (tertiary/aromatic N) is 4. The molecule has 0 saturated carbocycles. The summed E-state index contributed by atoms with van der Waals surface area (Å²) >= 11 is 7.45. The summed E-state index contributed by atoms with van der Waals surface area (Å²) in [6.07, 6.45) is -2.91. The van der Waals surface area contributed by atoms with Gasteiger partial charge in [-0.05, 0) is 43.1 Å². The molecule has 3 aromatic rings. The van der Waals surface area contributed by atoms with Gasteiger partial charge >= 0.3 is 6.18 Å². The SMILES string of the molecule is Cc1cnc(C(O)(C(C)c2ccc(OCc3nc(C)ns3)cc2Cl)C(F)(F)F)cn1. The number of rotatable bonds is 6. The van der Waals surface area contributed by atoms with Crippen molar-refractivity contribution in [1.29, 1.82) is 0 Å². The van der Waals surface area contributed by atoms with Crippen molar-refractivity contribution in [2.45, 2.75) is 45.1 Å². The van der Waals surface area contributed by atoms with Gasteiger partial charge in [0.1, 0.15) is 23.9 Å². The van der Waals surface area contributed by atoms with E-state index in [0.717, 1.165) is 6.20 Å². The topological polar surface area (TPSA) is 81.0 Å². The van der Waals surface area contributed by atoms with E-state index in [4.69, 9.17) is 16.3 Å². The Kier molecular flexibility index (Phi) is 6.30. The summed E-state index contributed by atoms with van der Waals surface area (Å²) in [6.45, 7) is 4.74. The quantitative estimate of drug-likeness (QED) is 0.575. The van der Waals surface area contributed by atoms with Gasteiger partial charge in [0.2, 0.25) is 5.60 Å². The predicted molar refractivity (Wildman–Crippen MR) is 106 cm³/mol. The van der Waals surface area contributed by atoms with Gasteiger partial charge in [0.15, 0.2) is 5.01 Å². The summed E-state index contributed by atoms with van der Waals surface area (Å²) in [4.78, 5) is 11.8. The van der Waals surface area contributed by atoms with Gasteiger partial charge in [-0.1, -0.05) is 24.6 Å². The zero-order valence-corrected chi connectivity index (χ0v) is 17.8. The predicted octanol–water partition coefficient (Wildman–Crippen LogP) is 4.73. The van der Waals surface area contributed by atoms with Crippen molar-refractivity contribution >= 4 is 23.1 Å². The minimum atomic E-state index is -5.01. The minimum Gasteiger partial charge on any atom is -0.486 e. The van der Waals surface area contributed by atoms with E-state index in [0.29, 0.717) is 22.3 Å². The second-order valence-electron chi connectivity index (χ2n) is 6.74. The summed E-state index contributed by atoms with van der Waals surface area (Å²) in [6, 6.07) is 4.29. The summed E-state index contributed by atoms with van der Waals surface area (Å²) < 4.78 is 51.5. The molecule has 2 unspecified atom stereocenters. The highest BCUT2D eigenvalue weighted by atomic mass is 35.5. The van der Waals surface area contributed by atoms with Gasteiger partial charge < -0.3 is 9.84 Å². The smallest absolute Gasteiger partial charge is 0.423 e. The summed E-state index contributed by atoms with van der Waals surface area (Å²) in [7, 11) is 0. The Labute approximate surface area is 179 Å². The molecule has 1 N–H and O–H groups in total. The number of benzene rings is 1. The molecule has 1 aromatic carbocycles. The molecule has 2 heterocycles. The first-order valence-corrected chi connectivity index (χ1v) is 9.97. The van der Waals surface area contributed by atoms with Gasteiger partial charge in [0, 0.05) is 17.1 Å². The molecule has 0 amide bonds. The van der Waals surface area contributed by atoms with E-state index < -0.39 is 23.4 Å². The van der Waals surface area contributed by atoms with Crippen LogP contribution < -0.4 is 4.74 Å².